The second-order valence-corrected chi connectivity index (χ2v) is 7.10. The molecule has 25 heavy (non-hydrogen) atoms. The van der Waals surface area contributed by atoms with E-state index in [9.17, 15) is 9.18 Å². The van der Waals surface area contributed by atoms with Gasteiger partial charge in [-0.15, -0.1) is 0 Å². The fourth-order valence-corrected chi connectivity index (χ4v) is 3.36. The number of fused-ring (bicyclic) bond motifs is 1. The van der Waals surface area contributed by atoms with Gasteiger partial charge in [0, 0.05) is 30.3 Å². The molecular weight excluding hydrogens is 322 g/mol. The van der Waals surface area contributed by atoms with Crippen molar-refractivity contribution in [2.75, 3.05) is 6.54 Å². The second kappa shape index (κ2) is 5.71. The third kappa shape index (κ3) is 2.67. The maximum absolute atomic E-state index is 13.4. The lowest BCUT2D eigenvalue weighted by Gasteiger charge is -2.21. The summed E-state index contributed by atoms with van der Waals surface area (Å²) in [5.74, 6) is -0.451. The van der Waals surface area contributed by atoms with Crippen LogP contribution in [0.3, 0.4) is 0 Å². The summed E-state index contributed by atoms with van der Waals surface area (Å²) >= 11 is 0. The van der Waals surface area contributed by atoms with E-state index in [1.807, 2.05) is 31.5 Å². The minimum Gasteiger partial charge on any atom is -0.402 e. The normalized spacial score (nSPS) is 22.0. The number of halogens is 1. The van der Waals surface area contributed by atoms with E-state index in [0.29, 0.717) is 18.8 Å². The van der Waals surface area contributed by atoms with Gasteiger partial charge in [0.1, 0.15) is 11.5 Å². The van der Waals surface area contributed by atoms with Crippen LogP contribution in [0.1, 0.15) is 31.3 Å². The number of hydrogen-bond donors (Lipinski definition) is 1. The molecule has 7 heteroatoms. The summed E-state index contributed by atoms with van der Waals surface area (Å²) in [6.07, 6.45) is 1.84. The van der Waals surface area contributed by atoms with Gasteiger partial charge < -0.3 is 19.2 Å². The molecule has 1 amide bonds. The molecule has 1 N–H and O–H groups in total. The summed E-state index contributed by atoms with van der Waals surface area (Å²) in [5.41, 5.74) is 2.46. The maximum atomic E-state index is 13.4. The molecular formula is C18H20BFN2O3. The Morgan fingerprint density at radius 3 is 2.68 bits per heavy atom. The first kappa shape index (κ1) is 16.4. The van der Waals surface area contributed by atoms with Crippen molar-refractivity contribution in [2.24, 2.45) is 0 Å². The zero-order chi connectivity index (χ0) is 17.8. The van der Waals surface area contributed by atoms with E-state index in [1.54, 1.807) is 12.1 Å². The molecule has 0 radical (unpaired) electrons. The average Bonchev–Trinajstić information content (AvgIpc) is 3.07. The molecule has 1 aromatic heterocycles. The van der Waals surface area contributed by atoms with E-state index in [0.717, 1.165) is 16.6 Å². The Bertz CT molecular complexity index is 832. The van der Waals surface area contributed by atoms with Gasteiger partial charge in [-0.05, 0) is 38.5 Å². The molecule has 0 spiro atoms. The number of amides is 1. The number of aromatic nitrogens is 1. The highest BCUT2D eigenvalue weighted by atomic mass is 19.1. The summed E-state index contributed by atoms with van der Waals surface area (Å²) in [6.45, 7) is 7.20. The number of nitrogens with zero attached hydrogens (tertiary/aromatic N) is 1. The number of carbonyl (C=O) groups excluding carboxylic acids is 1. The van der Waals surface area contributed by atoms with Gasteiger partial charge >= 0.3 is 7.12 Å². The second-order valence-electron chi connectivity index (χ2n) is 7.10. The standard InChI is InChI=1S/C18H20BFN2O3/c1-11-18(2,3)25-19(24-11)14-10-22-9-8-21-17(23)16(22)15(14)12-4-6-13(20)7-5-12/h4-7,10-11H,8-9H2,1-3H3,(H,21,23). The van der Waals surface area contributed by atoms with E-state index < -0.39 is 12.7 Å². The highest BCUT2D eigenvalue weighted by molar-refractivity contribution is 6.64. The topological polar surface area (TPSA) is 52.5 Å². The SMILES string of the molecule is CC1OB(c2cn3c(c2-c2ccc(F)cc2)C(=O)NCC3)OC1(C)C. The van der Waals surface area contributed by atoms with Crippen LogP contribution in [0.4, 0.5) is 4.39 Å². The molecule has 2 aliphatic heterocycles. The van der Waals surface area contributed by atoms with Crippen LogP contribution in [0.15, 0.2) is 30.5 Å². The first-order valence-electron chi connectivity index (χ1n) is 8.47. The van der Waals surface area contributed by atoms with Crippen molar-refractivity contribution in [1.29, 1.82) is 0 Å². The minimum absolute atomic E-state index is 0.0793. The van der Waals surface area contributed by atoms with Crippen molar-refractivity contribution in [3.05, 3.63) is 42.0 Å². The van der Waals surface area contributed by atoms with Crippen LogP contribution in [0.25, 0.3) is 11.1 Å². The monoisotopic (exact) mass is 342 g/mol. The Hall–Kier alpha value is -2.12. The van der Waals surface area contributed by atoms with Crippen LogP contribution in [0.5, 0.6) is 0 Å². The number of nitrogens with one attached hydrogen (secondary N) is 1. The van der Waals surface area contributed by atoms with Crippen molar-refractivity contribution in [1.82, 2.24) is 9.88 Å². The van der Waals surface area contributed by atoms with E-state index >= 15 is 0 Å². The van der Waals surface area contributed by atoms with Gasteiger partial charge in [-0.1, -0.05) is 12.1 Å². The predicted molar refractivity (Wildman–Crippen MR) is 93.3 cm³/mol. The molecule has 130 valence electrons. The van der Waals surface area contributed by atoms with Crippen molar-refractivity contribution in [2.45, 2.75) is 39.0 Å². The average molecular weight is 342 g/mol. The van der Waals surface area contributed by atoms with Gasteiger partial charge in [0.05, 0.1) is 11.7 Å². The van der Waals surface area contributed by atoms with Crippen LogP contribution in [-0.2, 0) is 15.9 Å². The largest absolute Gasteiger partial charge is 0.496 e. The number of hydrogen-bond acceptors (Lipinski definition) is 3. The Labute approximate surface area is 146 Å². The Morgan fingerprint density at radius 2 is 2.04 bits per heavy atom. The van der Waals surface area contributed by atoms with E-state index in [1.165, 1.54) is 12.1 Å². The molecule has 2 aromatic rings. The first-order chi connectivity index (χ1) is 11.9. The Balaban J connectivity index is 1.87. The smallest absolute Gasteiger partial charge is 0.402 e. The van der Waals surface area contributed by atoms with Gasteiger partial charge in [-0.3, -0.25) is 4.79 Å². The minimum atomic E-state index is -0.559. The third-order valence-electron chi connectivity index (χ3n) is 5.07. The van der Waals surface area contributed by atoms with Crippen LogP contribution in [0.2, 0.25) is 0 Å². The van der Waals surface area contributed by atoms with Gasteiger partial charge in [0.25, 0.3) is 5.91 Å². The molecule has 2 aliphatic rings. The molecule has 1 unspecified atom stereocenters. The lowest BCUT2D eigenvalue weighted by atomic mass is 9.76. The van der Waals surface area contributed by atoms with Crippen LogP contribution in [0, 0.1) is 5.82 Å². The van der Waals surface area contributed by atoms with Gasteiger partial charge in [-0.2, -0.15) is 0 Å². The fourth-order valence-electron chi connectivity index (χ4n) is 3.36. The van der Waals surface area contributed by atoms with E-state index in [-0.39, 0.29) is 17.8 Å². The van der Waals surface area contributed by atoms with Crippen LogP contribution < -0.4 is 10.8 Å². The van der Waals surface area contributed by atoms with Gasteiger partial charge in [-0.25, -0.2) is 4.39 Å². The molecule has 0 aliphatic carbocycles. The van der Waals surface area contributed by atoms with E-state index in [2.05, 4.69) is 5.32 Å². The molecule has 1 aromatic carbocycles. The Morgan fingerprint density at radius 1 is 1.32 bits per heavy atom. The molecule has 0 saturated carbocycles. The van der Waals surface area contributed by atoms with Crippen LogP contribution in [-0.4, -0.2) is 35.8 Å². The van der Waals surface area contributed by atoms with Gasteiger partial charge in [0.2, 0.25) is 0 Å². The maximum Gasteiger partial charge on any atom is 0.496 e. The summed E-state index contributed by atoms with van der Waals surface area (Å²) < 4.78 is 27.4. The summed E-state index contributed by atoms with van der Waals surface area (Å²) in [7, 11) is -0.559. The zero-order valence-electron chi connectivity index (χ0n) is 14.5. The molecule has 1 saturated heterocycles. The van der Waals surface area contributed by atoms with Crippen molar-refractivity contribution >= 4 is 18.5 Å². The molecule has 5 nitrogen and oxygen atoms in total. The molecule has 4 rings (SSSR count). The highest BCUT2D eigenvalue weighted by Gasteiger charge is 2.46. The Kier molecular flexibility index (Phi) is 3.74. The lowest BCUT2D eigenvalue weighted by molar-refractivity contribution is 0.0842. The number of carbonyl (C=O) groups is 1. The first-order valence-corrected chi connectivity index (χ1v) is 8.47. The molecule has 0 bridgehead atoms. The number of benzene rings is 1. The molecule has 1 fully saturated rings. The van der Waals surface area contributed by atoms with Crippen LogP contribution >= 0.6 is 0 Å². The molecule has 3 heterocycles. The highest BCUT2D eigenvalue weighted by Crippen LogP contribution is 2.31. The number of rotatable bonds is 2. The summed E-state index contributed by atoms with van der Waals surface area (Å²) in [4.78, 5) is 12.5. The lowest BCUT2D eigenvalue weighted by Crippen LogP contribution is -2.36. The van der Waals surface area contributed by atoms with Crippen molar-refractivity contribution in [3.8, 4) is 11.1 Å². The predicted octanol–water partition coefficient (Wildman–Crippen LogP) is 1.95. The van der Waals surface area contributed by atoms with Crippen molar-refractivity contribution < 1.29 is 18.5 Å². The summed E-state index contributed by atoms with van der Waals surface area (Å²) in [5, 5.41) is 2.87. The zero-order valence-corrected chi connectivity index (χ0v) is 14.5. The van der Waals surface area contributed by atoms with E-state index in [4.69, 9.17) is 9.31 Å². The summed E-state index contributed by atoms with van der Waals surface area (Å²) in [6, 6.07) is 6.15. The molecule has 1 atom stereocenters. The quantitative estimate of drug-likeness (QED) is 0.849. The third-order valence-corrected chi connectivity index (χ3v) is 5.07. The van der Waals surface area contributed by atoms with Gasteiger partial charge in [0.15, 0.2) is 0 Å². The van der Waals surface area contributed by atoms with Crippen molar-refractivity contribution in [3.63, 3.8) is 0 Å². The fraction of sp³-hybridized carbons (Fsp3) is 0.389.